The van der Waals surface area contributed by atoms with Crippen molar-refractivity contribution in [3.8, 4) is 0 Å². The van der Waals surface area contributed by atoms with Crippen LogP contribution in [0.15, 0.2) is 12.1 Å². The summed E-state index contributed by atoms with van der Waals surface area (Å²) in [5.41, 5.74) is 1.33. The molecule has 1 aromatic rings. The standard InChI is InChI=1S/C26H37F3/c1-2-3-4-5-18-16-26(17-18)12-10-21(11-13-26)19-6-8-20(9-7-19)22-14-23(27)25(29)24(28)15-22/h14-15,18-21H,2-13,16-17H2,1H3. The van der Waals surface area contributed by atoms with E-state index in [9.17, 15) is 13.2 Å². The number of benzene rings is 1. The van der Waals surface area contributed by atoms with Crippen LogP contribution in [0, 0.1) is 40.6 Å². The number of hydrogen-bond acceptors (Lipinski definition) is 0. The Hall–Kier alpha value is -0.990. The van der Waals surface area contributed by atoms with E-state index in [4.69, 9.17) is 0 Å². The smallest absolute Gasteiger partial charge is 0.194 e. The van der Waals surface area contributed by atoms with Crippen LogP contribution in [-0.4, -0.2) is 0 Å². The highest BCUT2D eigenvalue weighted by molar-refractivity contribution is 5.23. The van der Waals surface area contributed by atoms with Crippen LogP contribution >= 0.6 is 0 Å². The Morgan fingerprint density at radius 3 is 2.00 bits per heavy atom. The van der Waals surface area contributed by atoms with Gasteiger partial charge >= 0.3 is 0 Å². The Morgan fingerprint density at radius 2 is 1.41 bits per heavy atom. The van der Waals surface area contributed by atoms with E-state index in [-0.39, 0.29) is 5.92 Å². The molecule has 0 nitrogen and oxygen atoms in total. The number of rotatable bonds is 6. The lowest BCUT2D eigenvalue weighted by molar-refractivity contribution is -0.0162. The van der Waals surface area contributed by atoms with E-state index < -0.39 is 17.5 Å². The van der Waals surface area contributed by atoms with Crippen molar-refractivity contribution in [1.82, 2.24) is 0 Å². The minimum atomic E-state index is -1.35. The highest BCUT2D eigenvalue weighted by Crippen LogP contribution is 2.58. The summed E-state index contributed by atoms with van der Waals surface area (Å²) in [5.74, 6) is -0.628. The van der Waals surface area contributed by atoms with Crippen molar-refractivity contribution in [3.63, 3.8) is 0 Å². The highest BCUT2D eigenvalue weighted by atomic mass is 19.2. The van der Waals surface area contributed by atoms with Crippen molar-refractivity contribution < 1.29 is 13.2 Å². The van der Waals surface area contributed by atoms with Gasteiger partial charge in [0.05, 0.1) is 0 Å². The van der Waals surface area contributed by atoms with E-state index in [1.54, 1.807) is 0 Å². The molecular weight excluding hydrogens is 369 g/mol. The van der Waals surface area contributed by atoms with Gasteiger partial charge in [-0.15, -0.1) is 0 Å². The van der Waals surface area contributed by atoms with Crippen LogP contribution in [0.4, 0.5) is 13.2 Å². The lowest BCUT2D eigenvalue weighted by Crippen LogP contribution is -2.41. The van der Waals surface area contributed by atoms with E-state index in [1.807, 2.05) is 0 Å². The molecule has 0 saturated heterocycles. The molecule has 3 saturated carbocycles. The van der Waals surface area contributed by atoms with E-state index in [2.05, 4.69) is 6.92 Å². The lowest BCUT2D eigenvalue weighted by Gasteiger charge is -2.53. The molecule has 1 spiro atoms. The second-order valence-corrected chi connectivity index (χ2v) is 10.5. The molecule has 0 N–H and O–H groups in total. The first-order chi connectivity index (χ1) is 14.0. The van der Waals surface area contributed by atoms with Crippen LogP contribution in [0.25, 0.3) is 0 Å². The normalized spacial score (nSPS) is 34.9. The fraction of sp³-hybridized carbons (Fsp3) is 0.769. The fourth-order valence-electron chi connectivity index (χ4n) is 6.92. The second kappa shape index (κ2) is 9.02. The molecule has 0 bridgehead atoms. The Morgan fingerprint density at radius 1 is 0.828 bits per heavy atom. The molecule has 0 heterocycles. The van der Waals surface area contributed by atoms with Crippen molar-refractivity contribution in [2.75, 3.05) is 0 Å². The molecule has 29 heavy (non-hydrogen) atoms. The summed E-state index contributed by atoms with van der Waals surface area (Å²) >= 11 is 0. The zero-order valence-corrected chi connectivity index (χ0v) is 18.0. The van der Waals surface area contributed by atoms with Gasteiger partial charge in [-0.3, -0.25) is 0 Å². The van der Waals surface area contributed by atoms with Gasteiger partial charge in [-0.25, -0.2) is 13.2 Å². The summed E-state index contributed by atoms with van der Waals surface area (Å²) < 4.78 is 40.4. The molecule has 162 valence electrons. The second-order valence-electron chi connectivity index (χ2n) is 10.5. The molecule has 0 aliphatic heterocycles. The van der Waals surface area contributed by atoms with Gasteiger partial charge in [-0.2, -0.15) is 0 Å². The average Bonchev–Trinajstić information content (AvgIpc) is 2.71. The van der Waals surface area contributed by atoms with Crippen molar-refractivity contribution in [1.29, 1.82) is 0 Å². The average molecular weight is 407 g/mol. The third-order valence-corrected chi connectivity index (χ3v) is 8.67. The van der Waals surface area contributed by atoms with Crippen molar-refractivity contribution >= 4 is 0 Å². The van der Waals surface area contributed by atoms with Gasteiger partial charge in [-0.1, -0.05) is 32.6 Å². The number of unbranched alkanes of at least 4 members (excludes halogenated alkanes) is 2. The van der Waals surface area contributed by atoms with E-state index in [1.165, 1.54) is 76.3 Å². The molecule has 0 atom stereocenters. The largest absolute Gasteiger partial charge is 0.204 e. The Kier molecular flexibility index (Phi) is 6.61. The van der Waals surface area contributed by atoms with Gasteiger partial charge < -0.3 is 0 Å². The summed E-state index contributed by atoms with van der Waals surface area (Å²) in [6.07, 6.45) is 18.5. The molecule has 0 aromatic heterocycles. The monoisotopic (exact) mass is 406 g/mol. The molecule has 3 aliphatic carbocycles. The van der Waals surface area contributed by atoms with Crippen LogP contribution in [0.5, 0.6) is 0 Å². The Bertz CT molecular complexity index is 650. The van der Waals surface area contributed by atoms with Gasteiger partial charge in [0.15, 0.2) is 17.5 Å². The van der Waals surface area contributed by atoms with Gasteiger partial charge in [0.2, 0.25) is 0 Å². The topological polar surface area (TPSA) is 0 Å². The Balaban J connectivity index is 1.22. The number of hydrogen-bond donors (Lipinski definition) is 0. The maximum Gasteiger partial charge on any atom is 0.194 e. The highest BCUT2D eigenvalue weighted by Gasteiger charge is 2.46. The van der Waals surface area contributed by atoms with Gasteiger partial charge in [0, 0.05) is 0 Å². The molecule has 3 aliphatic rings. The SMILES string of the molecule is CCCCCC1CC2(CCC(C3CCC(c4cc(F)c(F)c(F)c4)CC3)CC2)C1. The van der Waals surface area contributed by atoms with Crippen LogP contribution in [0.2, 0.25) is 0 Å². The van der Waals surface area contributed by atoms with Crippen LogP contribution in [0.1, 0.15) is 108 Å². The molecular formula is C26H37F3. The van der Waals surface area contributed by atoms with Gasteiger partial charge in [0.1, 0.15) is 0 Å². The first kappa shape index (κ1) is 21.2. The first-order valence-corrected chi connectivity index (χ1v) is 12.1. The molecule has 4 rings (SSSR count). The maximum absolute atomic E-state index is 13.6. The van der Waals surface area contributed by atoms with E-state index in [0.717, 1.165) is 43.4 Å². The lowest BCUT2D eigenvalue weighted by atomic mass is 9.52. The summed E-state index contributed by atoms with van der Waals surface area (Å²) in [6.45, 7) is 2.28. The molecule has 0 amide bonds. The van der Waals surface area contributed by atoms with Crippen LogP contribution in [-0.2, 0) is 0 Å². The molecule has 0 radical (unpaired) electrons. The van der Waals surface area contributed by atoms with Crippen LogP contribution < -0.4 is 0 Å². The summed E-state index contributed by atoms with van der Waals surface area (Å²) in [5, 5.41) is 0. The third-order valence-electron chi connectivity index (χ3n) is 8.67. The molecule has 0 unspecified atom stereocenters. The molecule has 3 fully saturated rings. The predicted molar refractivity (Wildman–Crippen MR) is 112 cm³/mol. The number of halogens is 3. The van der Waals surface area contributed by atoms with Gasteiger partial charge in [-0.05, 0) is 111 Å². The summed E-state index contributed by atoms with van der Waals surface area (Å²) in [4.78, 5) is 0. The van der Waals surface area contributed by atoms with Crippen molar-refractivity contribution in [3.05, 3.63) is 35.1 Å². The van der Waals surface area contributed by atoms with Crippen molar-refractivity contribution in [2.45, 2.75) is 103 Å². The van der Waals surface area contributed by atoms with E-state index in [0.29, 0.717) is 11.0 Å². The zero-order chi connectivity index (χ0) is 20.4. The fourth-order valence-corrected chi connectivity index (χ4v) is 6.92. The molecule has 3 heteroatoms. The maximum atomic E-state index is 13.6. The predicted octanol–water partition coefficient (Wildman–Crippen LogP) is 8.54. The van der Waals surface area contributed by atoms with E-state index >= 15 is 0 Å². The van der Waals surface area contributed by atoms with Crippen molar-refractivity contribution in [2.24, 2.45) is 23.2 Å². The summed E-state index contributed by atoms with van der Waals surface area (Å²) in [7, 11) is 0. The summed E-state index contributed by atoms with van der Waals surface area (Å²) in [6, 6.07) is 2.42. The first-order valence-electron chi connectivity index (χ1n) is 12.1. The van der Waals surface area contributed by atoms with Crippen LogP contribution in [0.3, 0.4) is 0 Å². The Labute approximate surface area is 174 Å². The quantitative estimate of drug-likeness (QED) is 0.328. The minimum absolute atomic E-state index is 0.182. The minimum Gasteiger partial charge on any atom is -0.204 e. The third kappa shape index (κ3) is 4.69. The van der Waals surface area contributed by atoms with Gasteiger partial charge in [0.25, 0.3) is 0 Å². The zero-order valence-electron chi connectivity index (χ0n) is 18.0. The molecule has 1 aromatic carbocycles.